The molecule has 2 amide bonds. The first-order valence-corrected chi connectivity index (χ1v) is 9.93. The second-order valence-corrected chi connectivity index (χ2v) is 7.74. The predicted octanol–water partition coefficient (Wildman–Crippen LogP) is 4.03. The molecule has 2 N–H and O–H groups in total. The summed E-state index contributed by atoms with van der Waals surface area (Å²) in [6.07, 6.45) is 1.18. The Morgan fingerprint density at radius 2 is 1.87 bits per heavy atom. The van der Waals surface area contributed by atoms with E-state index in [0.29, 0.717) is 23.8 Å². The SMILES string of the molecule is Cl.O=C(CN1CCC(N2C(=O)OCc3cc(Cl)ccc32)CC1)Nc1ccc(O)cc1. The molecule has 0 aliphatic carbocycles. The normalized spacial score (nSPS) is 17.0. The Labute approximate surface area is 186 Å². The van der Waals surface area contributed by atoms with Crippen molar-refractivity contribution in [3.8, 4) is 5.75 Å². The summed E-state index contributed by atoms with van der Waals surface area (Å²) >= 11 is 6.06. The van der Waals surface area contributed by atoms with Crippen LogP contribution in [0.2, 0.25) is 5.02 Å². The van der Waals surface area contributed by atoms with E-state index in [0.717, 1.165) is 24.1 Å². The number of hydrogen-bond donors (Lipinski definition) is 2. The van der Waals surface area contributed by atoms with Gasteiger partial charge in [-0.1, -0.05) is 11.6 Å². The Kier molecular flexibility index (Phi) is 7.07. The number of piperidine rings is 1. The molecule has 0 atom stereocenters. The highest BCUT2D eigenvalue weighted by atomic mass is 35.5. The van der Waals surface area contributed by atoms with Crippen molar-refractivity contribution in [3.63, 3.8) is 0 Å². The van der Waals surface area contributed by atoms with Gasteiger partial charge < -0.3 is 15.2 Å². The van der Waals surface area contributed by atoms with Crippen molar-refractivity contribution >= 4 is 47.4 Å². The lowest BCUT2D eigenvalue weighted by Crippen LogP contribution is -2.50. The first-order valence-electron chi connectivity index (χ1n) is 9.55. The van der Waals surface area contributed by atoms with Gasteiger partial charge in [0.15, 0.2) is 0 Å². The molecule has 0 bridgehead atoms. The van der Waals surface area contributed by atoms with Crippen molar-refractivity contribution in [3.05, 3.63) is 53.1 Å². The molecule has 2 aliphatic heterocycles. The number of hydrogen-bond acceptors (Lipinski definition) is 5. The van der Waals surface area contributed by atoms with Gasteiger partial charge in [-0.3, -0.25) is 14.6 Å². The number of nitrogens with one attached hydrogen (secondary N) is 1. The summed E-state index contributed by atoms with van der Waals surface area (Å²) in [4.78, 5) is 28.5. The Hall–Kier alpha value is -2.48. The number of phenols is 1. The third-order valence-electron chi connectivity index (χ3n) is 5.29. The first-order chi connectivity index (χ1) is 14.0. The number of cyclic esters (lactones) is 1. The smallest absolute Gasteiger partial charge is 0.414 e. The van der Waals surface area contributed by atoms with Crippen LogP contribution >= 0.6 is 24.0 Å². The van der Waals surface area contributed by atoms with Crippen molar-refractivity contribution in [2.75, 3.05) is 29.9 Å². The van der Waals surface area contributed by atoms with E-state index < -0.39 is 0 Å². The minimum atomic E-state index is -0.330. The van der Waals surface area contributed by atoms with Gasteiger partial charge in [-0.25, -0.2) is 4.79 Å². The monoisotopic (exact) mass is 451 g/mol. The van der Waals surface area contributed by atoms with Gasteiger partial charge in [0, 0.05) is 35.4 Å². The van der Waals surface area contributed by atoms with Crippen molar-refractivity contribution in [1.82, 2.24) is 4.90 Å². The number of likely N-dealkylation sites (tertiary alicyclic amines) is 1. The molecular weight excluding hydrogens is 429 g/mol. The Balaban J connectivity index is 0.00000256. The van der Waals surface area contributed by atoms with Crippen LogP contribution in [0.4, 0.5) is 16.2 Å². The van der Waals surface area contributed by atoms with E-state index in [1.54, 1.807) is 23.1 Å². The van der Waals surface area contributed by atoms with Crippen LogP contribution < -0.4 is 10.2 Å². The molecule has 0 radical (unpaired) electrons. The van der Waals surface area contributed by atoms with Gasteiger partial charge >= 0.3 is 6.09 Å². The molecule has 160 valence electrons. The van der Waals surface area contributed by atoms with E-state index >= 15 is 0 Å². The van der Waals surface area contributed by atoms with E-state index in [1.807, 2.05) is 12.1 Å². The quantitative estimate of drug-likeness (QED) is 0.685. The van der Waals surface area contributed by atoms with Crippen molar-refractivity contribution in [2.45, 2.75) is 25.5 Å². The van der Waals surface area contributed by atoms with Crippen LogP contribution in [0.1, 0.15) is 18.4 Å². The van der Waals surface area contributed by atoms with Crippen molar-refractivity contribution < 1.29 is 19.4 Å². The largest absolute Gasteiger partial charge is 0.508 e. The van der Waals surface area contributed by atoms with Crippen molar-refractivity contribution in [1.29, 1.82) is 0 Å². The Morgan fingerprint density at radius 3 is 2.57 bits per heavy atom. The van der Waals surface area contributed by atoms with Gasteiger partial charge in [0.1, 0.15) is 12.4 Å². The van der Waals surface area contributed by atoms with Crippen LogP contribution in [-0.2, 0) is 16.1 Å². The lowest BCUT2D eigenvalue weighted by Gasteiger charge is -2.40. The number of nitrogens with zero attached hydrogens (tertiary/aromatic N) is 2. The molecule has 30 heavy (non-hydrogen) atoms. The second kappa shape index (κ2) is 9.55. The van der Waals surface area contributed by atoms with Gasteiger partial charge in [-0.05, 0) is 55.3 Å². The van der Waals surface area contributed by atoms with Crippen LogP contribution in [0.3, 0.4) is 0 Å². The van der Waals surface area contributed by atoms with Crippen LogP contribution in [-0.4, -0.2) is 47.7 Å². The van der Waals surface area contributed by atoms with E-state index in [-0.39, 0.29) is 49.4 Å². The Bertz CT molecular complexity index is 915. The first kappa shape index (κ1) is 22.2. The maximum Gasteiger partial charge on any atom is 0.414 e. The van der Waals surface area contributed by atoms with E-state index in [1.165, 1.54) is 12.1 Å². The summed E-state index contributed by atoms with van der Waals surface area (Å²) in [6.45, 7) is 1.94. The highest BCUT2D eigenvalue weighted by Crippen LogP contribution is 2.33. The number of aromatic hydroxyl groups is 1. The number of phenolic OH excluding ortho intramolecular Hbond substituents is 1. The zero-order chi connectivity index (χ0) is 20.4. The maximum absolute atomic E-state index is 12.4. The number of ether oxygens (including phenoxy) is 1. The Morgan fingerprint density at radius 1 is 1.17 bits per heavy atom. The minimum Gasteiger partial charge on any atom is -0.508 e. The number of anilines is 2. The zero-order valence-electron chi connectivity index (χ0n) is 16.2. The minimum absolute atomic E-state index is 0. The fourth-order valence-corrected chi connectivity index (χ4v) is 4.04. The zero-order valence-corrected chi connectivity index (χ0v) is 17.8. The summed E-state index contributed by atoms with van der Waals surface area (Å²) in [7, 11) is 0. The number of carbonyl (C=O) groups excluding carboxylic acids is 2. The molecule has 4 rings (SSSR count). The van der Waals surface area contributed by atoms with E-state index in [2.05, 4.69) is 10.2 Å². The number of amides is 2. The molecule has 9 heteroatoms. The van der Waals surface area contributed by atoms with Crippen LogP contribution in [0.5, 0.6) is 5.75 Å². The predicted molar refractivity (Wildman–Crippen MR) is 118 cm³/mol. The van der Waals surface area contributed by atoms with E-state index in [9.17, 15) is 14.7 Å². The average Bonchev–Trinajstić information content (AvgIpc) is 2.71. The standard InChI is InChI=1S/C21H22ClN3O4.ClH/c22-15-1-6-19-14(11-15)13-29-21(28)25(19)17-7-9-24(10-8-17)12-20(27)23-16-2-4-18(26)5-3-16;/h1-6,11,17,26H,7-10,12-13H2,(H,23,27);1H. The fourth-order valence-electron chi connectivity index (χ4n) is 3.84. The lowest BCUT2D eigenvalue weighted by molar-refractivity contribution is -0.117. The number of benzene rings is 2. The highest BCUT2D eigenvalue weighted by Gasteiger charge is 2.34. The third-order valence-corrected chi connectivity index (χ3v) is 5.52. The van der Waals surface area contributed by atoms with Gasteiger partial charge in [0.25, 0.3) is 0 Å². The highest BCUT2D eigenvalue weighted by molar-refractivity contribution is 6.30. The second-order valence-electron chi connectivity index (χ2n) is 7.30. The molecule has 1 fully saturated rings. The number of rotatable bonds is 4. The molecule has 0 spiro atoms. The fraction of sp³-hybridized carbons (Fsp3) is 0.333. The summed E-state index contributed by atoms with van der Waals surface area (Å²) in [5.41, 5.74) is 2.41. The summed E-state index contributed by atoms with van der Waals surface area (Å²) < 4.78 is 5.32. The number of fused-ring (bicyclic) bond motifs is 1. The van der Waals surface area contributed by atoms with Crippen LogP contribution in [0.25, 0.3) is 0 Å². The van der Waals surface area contributed by atoms with Crippen LogP contribution in [0.15, 0.2) is 42.5 Å². The molecule has 0 aromatic heterocycles. The number of halogens is 2. The molecule has 0 saturated carbocycles. The van der Waals surface area contributed by atoms with E-state index in [4.69, 9.17) is 16.3 Å². The van der Waals surface area contributed by atoms with Gasteiger partial charge in [-0.15, -0.1) is 12.4 Å². The topological polar surface area (TPSA) is 82.1 Å². The molecule has 1 saturated heterocycles. The lowest BCUT2D eigenvalue weighted by atomic mass is 10.0. The maximum atomic E-state index is 12.4. The molecule has 0 unspecified atom stereocenters. The molecule has 2 aromatic carbocycles. The molecular formula is C21H23Cl2N3O4. The van der Waals surface area contributed by atoms with Gasteiger partial charge in [0.05, 0.1) is 12.2 Å². The number of carbonyl (C=O) groups is 2. The summed E-state index contributed by atoms with van der Waals surface area (Å²) in [5, 5.41) is 12.8. The van der Waals surface area contributed by atoms with Gasteiger partial charge in [-0.2, -0.15) is 0 Å². The summed E-state index contributed by atoms with van der Waals surface area (Å²) in [5.74, 6) is 0.0525. The molecule has 7 nitrogen and oxygen atoms in total. The van der Waals surface area contributed by atoms with Gasteiger partial charge in [0.2, 0.25) is 5.91 Å². The third kappa shape index (κ3) is 4.98. The van der Waals surface area contributed by atoms with Crippen LogP contribution in [0, 0.1) is 0 Å². The summed E-state index contributed by atoms with van der Waals surface area (Å²) in [6, 6.07) is 11.9. The van der Waals surface area contributed by atoms with Crippen molar-refractivity contribution in [2.24, 2.45) is 0 Å². The molecule has 2 aliphatic rings. The average molecular weight is 452 g/mol. The molecule has 2 heterocycles. The molecule has 2 aromatic rings.